The summed E-state index contributed by atoms with van der Waals surface area (Å²) in [6.45, 7) is 7.92. The summed E-state index contributed by atoms with van der Waals surface area (Å²) in [4.78, 5) is 31.2. The minimum absolute atomic E-state index is 0.192. The van der Waals surface area contributed by atoms with Crippen LogP contribution in [-0.4, -0.2) is 58.4 Å². The molecule has 0 spiro atoms. The van der Waals surface area contributed by atoms with Gasteiger partial charge in [-0.25, -0.2) is 0 Å². The lowest BCUT2D eigenvalue weighted by Crippen LogP contribution is -2.33. The first kappa shape index (κ1) is 38.2. The van der Waals surface area contributed by atoms with Crippen molar-refractivity contribution in [2.45, 2.75) is 66.1 Å². The first-order chi connectivity index (χ1) is 23.8. The minimum atomic E-state index is -0.971. The molecule has 12 nitrogen and oxygen atoms in total. The van der Waals surface area contributed by atoms with E-state index in [0.717, 1.165) is 33.4 Å². The van der Waals surface area contributed by atoms with E-state index >= 15 is 0 Å². The van der Waals surface area contributed by atoms with Crippen molar-refractivity contribution in [3.63, 3.8) is 0 Å². The molecular formula is C36H40Cl2N4O8. The minimum Gasteiger partial charge on any atom is -0.481 e. The van der Waals surface area contributed by atoms with Crippen LogP contribution in [0.4, 0.5) is 0 Å². The van der Waals surface area contributed by atoms with Gasteiger partial charge in [0.1, 0.15) is 35.3 Å². The van der Waals surface area contributed by atoms with Crippen LogP contribution in [0.3, 0.4) is 0 Å². The number of carbonyl (C=O) groups is 2. The van der Waals surface area contributed by atoms with Crippen molar-refractivity contribution in [1.82, 2.24) is 20.6 Å². The van der Waals surface area contributed by atoms with Crippen LogP contribution in [0.5, 0.6) is 23.5 Å². The van der Waals surface area contributed by atoms with Crippen LogP contribution in [0.15, 0.2) is 48.5 Å². The molecule has 0 saturated carbocycles. The van der Waals surface area contributed by atoms with Crippen LogP contribution in [0.25, 0.3) is 11.1 Å². The molecule has 0 aliphatic carbocycles. The number of pyridine rings is 2. The molecule has 0 aliphatic rings. The fourth-order valence-electron chi connectivity index (χ4n) is 5.05. The van der Waals surface area contributed by atoms with Crippen molar-refractivity contribution in [2.75, 3.05) is 14.2 Å². The van der Waals surface area contributed by atoms with E-state index in [0.29, 0.717) is 11.1 Å². The van der Waals surface area contributed by atoms with Crippen molar-refractivity contribution in [2.24, 2.45) is 0 Å². The fraction of sp³-hybridized carbons (Fsp3) is 0.333. The van der Waals surface area contributed by atoms with Crippen LogP contribution in [-0.2, 0) is 35.9 Å². The number of hydrogen-bond acceptors (Lipinski definition) is 10. The average molecular weight is 728 g/mol. The summed E-state index contributed by atoms with van der Waals surface area (Å²) in [5, 5.41) is 24.6. The van der Waals surface area contributed by atoms with Gasteiger partial charge in [0.15, 0.2) is 0 Å². The van der Waals surface area contributed by atoms with Gasteiger partial charge in [-0.3, -0.25) is 9.59 Å². The van der Waals surface area contributed by atoms with Gasteiger partial charge in [-0.2, -0.15) is 9.97 Å². The molecule has 2 heterocycles. The zero-order chi connectivity index (χ0) is 36.5. The third kappa shape index (κ3) is 9.33. The Morgan fingerprint density at radius 1 is 0.680 bits per heavy atom. The number of hydrogen-bond donors (Lipinski definition) is 4. The van der Waals surface area contributed by atoms with Crippen LogP contribution >= 0.6 is 23.2 Å². The standard InChI is InChI=1S/C36H40Cl2N4O8/c1-19-23(17-49-33-29(37)13-25(31(41-33)47-5)15-39-21(3)35(43)44)9-7-11-27(19)28-12-8-10-24(20(28)2)18-50-34-30(38)14-26(32(42-34)48-6)16-40-22(4)36(45)46/h7-14,21-22,39-40H,15-18H2,1-6H3,(H,43,44)(H,45,46)/t21-,22-/m1/s1. The Kier molecular flexibility index (Phi) is 13.3. The van der Waals surface area contributed by atoms with Gasteiger partial charge in [-0.05, 0) is 73.2 Å². The van der Waals surface area contributed by atoms with E-state index in [1.54, 1.807) is 26.0 Å². The van der Waals surface area contributed by atoms with E-state index in [9.17, 15) is 9.59 Å². The van der Waals surface area contributed by atoms with Gasteiger partial charge in [0.05, 0.1) is 14.2 Å². The van der Waals surface area contributed by atoms with Crippen molar-refractivity contribution in [3.05, 3.63) is 92.0 Å². The van der Waals surface area contributed by atoms with Crippen LogP contribution < -0.4 is 29.6 Å². The van der Waals surface area contributed by atoms with E-state index in [4.69, 9.17) is 52.4 Å². The Hall–Kier alpha value is -4.62. The Bertz CT molecular complexity index is 1720. The Balaban J connectivity index is 1.49. The quantitative estimate of drug-likeness (QED) is 0.0953. The number of methoxy groups -OCH3 is 2. The van der Waals surface area contributed by atoms with E-state index in [-0.39, 0.29) is 59.9 Å². The van der Waals surface area contributed by atoms with Crippen LogP contribution in [0, 0.1) is 13.8 Å². The number of aliphatic carboxylic acids is 2. The normalized spacial score (nSPS) is 12.2. The maximum absolute atomic E-state index is 11.2. The largest absolute Gasteiger partial charge is 0.481 e. The predicted molar refractivity (Wildman–Crippen MR) is 189 cm³/mol. The molecule has 2 aromatic heterocycles. The lowest BCUT2D eigenvalue weighted by atomic mass is 9.92. The second-order valence-corrected chi connectivity index (χ2v) is 12.3. The molecule has 266 valence electrons. The molecule has 0 amide bonds. The smallest absolute Gasteiger partial charge is 0.320 e. The first-order valence-corrected chi connectivity index (χ1v) is 16.4. The topological polar surface area (TPSA) is 161 Å². The molecule has 2 aromatic carbocycles. The second kappa shape index (κ2) is 17.3. The molecule has 0 bridgehead atoms. The van der Waals surface area contributed by atoms with Crippen LogP contribution in [0.2, 0.25) is 10.0 Å². The molecule has 14 heteroatoms. The van der Waals surface area contributed by atoms with Gasteiger partial charge < -0.3 is 39.8 Å². The van der Waals surface area contributed by atoms with E-state index < -0.39 is 24.0 Å². The highest BCUT2D eigenvalue weighted by Crippen LogP contribution is 2.34. The highest BCUT2D eigenvalue weighted by molar-refractivity contribution is 6.32. The molecule has 0 unspecified atom stereocenters. The molecule has 0 fully saturated rings. The number of aromatic nitrogens is 2. The van der Waals surface area contributed by atoms with Crippen LogP contribution in [0.1, 0.15) is 47.2 Å². The van der Waals surface area contributed by atoms with E-state index in [1.165, 1.54) is 14.2 Å². The Morgan fingerprint density at radius 2 is 1.06 bits per heavy atom. The lowest BCUT2D eigenvalue weighted by Gasteiger charge is -2.18. The molecule has 4 rings (SSSR count). The molecule has 4 aromatic rings. The van der Waals surface area contributed by atoms with Gasteiger partial charge in [0, 0.05) is 24.2 Å². The third-order valence-corrected chi connectivity index (χ3v) is 8.74. The summed E-state index contributed by atoms with van der Waals surface area (Å²) in [6.07, 6.45) is 0. The molecule has 50 heavy (non-hydrogen) atoms. The second-order valence-electron chi connectivity index (χ2n) is 11.5. The summed E-state index contributed by atoms with van der Waals surface area (Å²) in [5.74, 6) is -0.989. The number of carboxylic acids is 2. The van der Waals surface area contributed by atoms with Gasteiger partial charge >= 0.3 is 11.9 Å². The number of rotatable bonds is 17. The Morgan fingerprint density at radius 3 is 1.40 bits per heavy atom. The number of carboxylic acid groups (broad SMARTS) is 2. The van der Waals surface area contributed by atoms with Gasteiger partial charge in [-0.1, -0.05) is 59.6 Å². The zero-order valence-corrected chi connectivity index (χ0v) is 30.1. The summed E-state index contributed by atoms with van der Waals surface area (Å²) in [6, 6.07) is 13.7. The number of nitrogens with one attached hydrogen (secondary N) is 2. The highest BCUT2D eigenvalue weighted by atomic mass is 35.5. The highest BCUT2D eigenvalue weighted by Gasteiger charge is 2.19. The van der Waals surface area contributed by atoms with E-state index in [2.05, 4.69) is 20.6 Å². The van der Waals surface area contributed by atoms with Crippen molar-refractivity contribution in [3.8, 4) is 34.6 Å². The molecule has 0 radical (unpaired) electrons. The van der Waals surface area contributed by atoms with Gasteiger partial charge in [-0.15, -0.1) is 0 Å². The van der Waals surface area contributed by atoms with Crippen molar-refractivity contribution >= 4 is 35.1 Å². The summed E-state index contributed by atoms with van der Waals surface area (Å²) in [7, 11) is 2.95. The number of ether oxygens (including phenoxy) is 4. The number of benzene rings is 2. The third-order valence-electron chi connectivity index (χ3n) is 8.20. The Labute approximate surface area is 300 Å². The monoisotopic (exact) mass is 726 g/mol. The molecule has 0 aliphatic heterocycles. The van der Waals surface area contributed by atoms with Gasteiger partial charge in [0.25, 0.3) is 0 Å². The maximum atomic E-state index is 11.2. The molecular weight excluding hydrogens is 687 g/mol. The SMILES string of the molecule is COc1nc(OCc2cccc(-c3cccc(COc4nc(OC)c(CN[C@H](C)C(=O)O)cc4Cl)c3C)c2C)c(Cl)cc1CN[C@H](C)C(=O)O. The van der Waals surface area contributed by atoms with Gasteiger partial charge in [0.2, 0.25) is 23.5 Å². The van der Waals surface area contributed by atoms with Crippen molar-refractivity contribution < 1.29 is 38.7 Å². The summed E-state index contributed by atoms with van der Waals surface area (Å²) < 4.78 is 23.0. The first-order valence-electron chi connectivity index (χ1n) is 15.7. The fourth-order valence-corrected chi connectivity index (χ4v) is 5.51. The maximum Gasteiger partial charge on any atom is 0.320 e. The molecule has 2 atom stereocenters. The zero-order valence-electron chi connectivity index (χ0n) is 28.6. The molecule has 0 saturated heterocycles. The average Bonchev–Trinajstić information content (AvgIpc) is 3.09. The number of halogens is 2. The lowest BCUT2D eigenvalue weighted by molar-refractivity contribution is -0.140. The predicted octanol–water partition coefficient (Wildman–Crippen LogP) is 6.37. The van der Waals surface area contributed by atoms with Crippen molar-refractivity contribution in [1.29, 1.82) is 0 Å². The summed E-state index contributed by atoms with van der Waals surface area (Å²) >= 11 is 13.0. The van der Waals surface area contributed by atoms with E-state index in [1.807, 2.05) is 50.2 Å². The number of nitrogens with zero attached hydrogens (tertiary/aromatic N) is 2. The summed E-state index contributed by atoms with van der Waals surface area (Å²) in [5.41, 5.74) is 7.11. The molecule has 4 N–H and O–H groups in total.